The molecule has 0 bridgehead atoms. The molecule has 1 aromatic carbocycles. The fraction of sp³-hybridized carbons (Fsp3) is 0.100. The molecule has 0 radical (unpaired) electrons. The van der Waals surface area contributed by atoms with Crippen LogP contribution in [0.4, 0.5) is 5.69 Å². The average molecular weight is 242 g/mol. The van der Waals surface area contributed by atoms with Crippen LogP contribution in [-0.4, -0.2) is 11.1 Å². The maximum atomic E-state index is 10.8. The largest absolute Gasteiger partial charge is 0.477 e. The standard InChI is InChI=1S/C10H8ClNO2S/c1-4-2-6(11)8(12)5-3-7(10(13)14)15-9(4)5/h2-3H,12H2,1H3,(H,13,14). The zero-order valence-corrected chi connectivity index (χ0v) is 9.45. The number of hydrogen-bond donors (Lipinski definition) is 2. The van der Waals surface area contributed by atoms with Gasteiger partial charge >= 0.3 is 5.97 Å². The Morgan fingerprint density at radius 3 is 2.80 bits per heavy atom. The van der Waals surface area contributed by atoms with Gasteiger partial charge in [-0.25, -0.2) is 4.79 Å². The van der Waals surface area contributed by atoms with E-state index in [1.807, 2.05) is 6.92 Å². The average Bonchev–Trinajstić information content (AvgIpc) is 2.59. The van der Waals surface area contributed by atoms with Crippen LogP contribution in [0.1, 0.15) is 15.2 Å². The Balaban J connectivity index is 2.85. The number of halogens is 1. The highest BCUT2D eigenvalue weighted by molar-refractivity contribution is 7.21. The van der Waals surface area contributed by atoms with Gasteiger partial charge in [-0.15, -0.1) is 11.3 Å². The maximum absolute atomic E-state index is 10.8. The van der Waals surface area contributed by atoms with E-state index < -0.39 is 5.97 Å². The molecule has 78 valence electrons. The van der Waals surface area contributed by atoms with Crippen LogP contribution >= 0.6 is 22.9 Å². The van der Waals surface area contributed by atoms with Crippen LogP contribution in [-0.2, 0) is 0 Å². The van der Waals surface area contributed by atoms with Crippen molar-refractivity contribution in [1.82, 2.24) is 0 Å². The van der Waals surface area contributed by atoms with Crippen molar-refractivity contribution in [2.24, 2.45) is 0 Å². The van der Waals surface area contributed by atoms with Crippen LogP contribution in [0.15, 0.2) is 12.1 Å². The molecule has 2 rings (SSSR count). The van der Waals surface area contributed by atoms with Gasteiger partial charge in [-0.3, -0.25) is 0 Å². The lowest BCUT2D eigenvalue weighted by atomic mass is 10.1. The Morgan fingerprint density at radius 1 is 1.53 bits per heavy atom. The van der Waals surface area contributed by atoms with Crippen molar-refractivity contribution < 1.29 is 9.90 Å². The number of fused-ring (bicyclic) bond motifs is 1. The molecular formula is C10H8ClNO2S. The summed E-state index contributed by atoms with van der Waals surface area (Å²) in [5, 5.41) is 10.1. The van der Waals surface area contributed by atoms with E-state index in [0.29, 0.717) is 10.7 Å². The van der Waals surface area contributed by atoms with Gasteiger partial charge < -0.3 is 10.8 Å². The molecule has 5 heteroatoms. The highest BCUT2D eigenvalue weighted by Crippen LogP contribution is 2.36. The second kappa shape index (κ2) is 3.40. The highest BCUT2D eigenvalue weighted by atomic mass is 35.5. The third-order valence-corrected chi connectivity index (χ3v) is 3.76. The second-order valence-corrected chi connectivity index (χ2v) is 4.71. The molecule has 0 aliphatic rings. The summed E-state index contributed by atoms with van der Waals surface area (Å²) in [4.78, 5) is 11.1. The van der Waals surface area contributed by atoms with Crippen molar-refractivity contribution >= 4 is 44.7 Å². The minimum absolute atomic E-state index is 0.280. The van der Waals surface area contributed by atoms with Crippen molar-refractivity contribution in [3.8, 4) is 0 Å². The molecule has 0 atom stereocenters. The van der Waals surface area contributed by atoms with Crippen molar-refractivity contribution in [2.75, 3.05) is 5.73 Å². The molecule has 1 aromatic heterocycles. The summed E-state index contributed by atoms with van der Waals surface area (Å²) in [5.74, 6) is -0.939. The summed E-state index contributed by atoms with van der Waals surface area (Å²) in [6.45, 7) is 1.88. The topological polar surface area (TPSA) is 63.3 Å². The van der Waals surface area contributed by atoms with Crippen LogP contribution in [0.5, 0.6) is 0 Å². The number of hydrogen-bond acceptors (Lipinski definition) is 3. The van der Waals surface area contributed by atoms with Crippen LogP contribution in [0.2, 0.25) is 5.02 Å². The molecule has 0 aliphatic carbocycles. The summed E-state index contributed by atoms with van der Waals surface area (Å²) in [6.07, 6.45) is 0. The number of nitrogens with two attached hydrogens (primary N) is 1. The molecule has 15 heavy (non-hydrogen) atoms. The second-order valence-electron chi connectivity index (χ2n) is 3.25. The number of carboxylic acids is 1. The first-order chi connectivity index (χ1) is 7.00. The van der Waals surface area contributed by atoms with E-state index in [1.165, 1.54) is 11.3 Å². The van der Waals surface area contributed by atoms with Gasteiger partial charge in [-0.1, -0.05) is 11.6 Å². The minimum atomic E-state index is -0.939. The zero-order chi connectivity index (χ0) is 11.2. The van der Waals surface area contributed by atoms with Gasteiger partial charge in [0.05, 0.1) is 10.7 Å². The first-order valence-corrected chi connectivity index (χ1v) is 5.41. The molecule has 3 nitrogen and oxygen atoms in total. The predicted molar refractivity (Wildman–Crippen MR) is 62.9 cm³/mol. The summed E-state index contributed by atoms with van der Waals surface area (Å²) in [7, 11) is 0. The van der Waals surface area contributed by atoms with E-state index in [2.05, 4.69) is 0 Å². The summed E-state index contributed by atoms with van der Waals surface area (Å²) in [6, 6.07) is 3.32. The Kier molecular flexibility index (Phi) is 2.32. The fourth-order valence-corrected chi connectivity index (χ4v) is 2.70. The number of carboxylic acid groups (broad SMARTS) is 1. The normalized spacial score (nSPS) is 10.8. The number of thiophene rings is 1. The van der Waals surface area contributed by atoms with Crippen molar-refractivity contribution in [3.63, 3.8) is 0 Å². The van der Waals surface area contributed by atoms with Crippen LogP contribution in [0.3, 0.4) is 0 Å². The minimum Gasteiger partial charge on any atom is -0.477 e. The molecule has 0 saturated carbocycles. The third-order valence-electron chi connectivity index (χ3n) is 2.19. The SMILES string of the molecule is Cc1cc(Cl)c(N)c2cc(C(=O)O)sc12. The van der Waals surface area contributed by atoms with E-state index in [9.17, 15) is 4.79 Å². The van der Waals surface area contributed by atoms with Crippen molar-refractivity contribution in [3.05, 3.63) is 27.6 Å². The Morgan fingerprint density at radius 2 is 2.20 bits per heavy atom. The summed E-state index contributed by atoms with van der Waals surface area (Å²) < 4.78 is 0.884. The van der Waals surface area contributed by atoms with Gasteiger partial charge in [0, 0.05) is 10.1 Å². The van der Waals surface area contributed by atoms with Gasteiger partial charge in [0.25, 0.3) is 0 Å². The van der Waals surface area contributed by atoms with E-state index in [4.69, 9.17) is 22.4 Å². The maximum Gasteiger partial charge on any atom is 0.345 e. The number of aryl methyl sites for hydroxylation is 1. The smallest absolute Gasteiger partial charge is 0.345 e. The molecule has 2 aromatic rings. The lowest BCUT2D eigenvalue weighted by molar-refractivity contribution is 0.0702. The summed E-state index contributed by atoms with van der Waals surface area (Å²) >= 11 is 7.13. The van der Waals surface area contributed by atoms with Crippen LogP contribution < -0.4 is 5.73 Å². The molecule has 0 saturated heterocycles. The van der Waals surface area contributed by atoms with Crippen molar-refractivity contribution in [1.29, 1.82) is 0 Å². The van der Waals surface area contributed by atoms with Crippen molar-refractivity contribution in [2.45, 2.75) is 6.92 Å². The van der Waals surface area contributed by atoms with Gasteiger partial charge in [0.15, 0.2) is 0 Å². The fourth-order valence-electron chi connectivity index (χ4n) is 1.45. The van der Waals surface area contributed by atoms with Gasteiger partial charge in [0.2, 0.25) is 0 Å². The van der Waals surface area contributed by atoms with E-state index in [1.54, 1.807) is 12.1 Å². The molecule has 0 aliphatic heterocycles. The molecular weight excluding hydrogens is 234 g/mol. The summed E-state index contributed by atoms with van der Waals surface area (Å²) in [5.41, 5.74) is 7.17. The Hall–Kier alpha value is -1.26. The molecule has 1 heterocycles. The van der Waals surface area contributed by atoms with Gasteiger partial charge in [-0.05, 0) is 24.6 Å². The molecule has 0 fully saturated rings. The number of carbonyl (C=O) groups is 1. The first kappa shape index (κ1) is 10.3. The number of benzene rings is 1. The monoisotopic (exact) mass is 241 g/mol. The highest BCUT2D eigenvalue weighted by Gasteiger charge is 2.13. The van der Waals surface area contributed by atoms with Crippen LogP contribution in [0, 0.1) is 6.92 Å². The van der Waals surface area contributed by atoms with E-state index >= 15 is 0 Å². The molecule has 0 amide bonds. The van der Waals surface area contributed by atoms with Crippen LogP contribution in [0.25, 0.3) is 10.1 Å². The molecule has 0 spiro atoms. The Labute approximate surface area is 95.1 Å². The zero-order valence-electron chi connectivity index (χ0n) is 7.87. The van der Waals surface area contributed by atoms with E-state index in [-0.39, 0.29) is 4.88 Å². The molecule has 0 unspecified atom stereocenters. The Bertz CT molecular complexity index is 562. The third kappa shape index (κ3) is 1.56. The lowest BCUT2D eigenvalue weighted by Crippen LogP contribution is -1.90. The van der Waals surface area contributed by atoms with E-state index in [0.717, 1.165) is 15.6 Å². The van der Waals surface area contributed by atoms with Gasteiger partial charge in [-0.2, -0.15) is 0 Å². The predicted octanol–water partition coefficient (Wildman–Crippen LogP) is 3.14. The number of rotatable bonds is 1. The number of aromatic carboxylic acids is 1. The molecule has 3 N–H and O–H groups in total. The number of nitrogen functional groups attached to an aromatic ring is 1. The first-order valence-electron chi connectivity index (χ1n) is 4.22. The number of anilines is 1. The quantitative estimate of drug-likeness (QED) is 0.754. The van der Waals surface area contributed by atoms with Gasteiger partial charge in [0.1, 0.15) is 4.88 Å². The lowest BCUT2D eigenvalue weighted by Gasteiger charge is -2.02.